The van der Waals surface area contributed by atoms with E-state index in [1.54, 1.807) is 0 Å². The van der Waals surface area contributed by atoms with E-state index in [-0.39, 0.29) is 0 Å². The van der Waals surface area contributed by atoms with E-state index in [1.807, 2.05) is 0 Å². The van der Waals surface area contributed by atoms with E-state index in [0.717, 1.165) is 20.8 Å². The van der Waals surface area contributed by atoms with Gasteiger partial charge in [-0.05, 0) is 13.8 Å². The topological polar surface area (TPSA) is 730 Å². The fraction of sp³-hybridized carbons (Fsp3) is 0.950. The molecular formula is C60H101N3O44. The summed E-state index contributed by atoms with van der Waals surface area (Å²) in [6, 6.07) is -5.53. The third-order valence-electron chi connectivity index (χ3n) is 19.9. The standard InChI is InChI=1S/C60H101N3O44/c1-13-28(73)37(82)41(86)56(92-13)106-50-39(84)30(75)18(6-64)96-59(50)102-46-21(9-67)98-53(25(34(46)79)61-15(3)70)91-12-24-33(78)48(43(88)52(90)94-24)104-54-26(62-16(4)71)35(80)45(22(10-68)99-54)101-58-44(89)49(32(77)20(8-66)95-58)105-55-27(63-17(5)72)36(81)47(23(11-69)100-55)103-60-51(40(85)31(76)19(7-65)97-60)107-57-42(87)38(83)29(74)14(2)93-57/h13-14,18-60,64-69,73-90H,6-12H2,1-5H3,(H,61,70)(H,62,71)(H,63,72)/t13-,14-,18+,19+,20+,21+,22+,23+,24+,25+,26+,27+,28+,29+,30-,31-,32-,33-,34+,35+,36+,37+,38+,39-,40-,41-,42-,43+,44+,45+,46+,47+,48-,49-,50+,51+,52?,53+,54-,55-,56-,57-,58-,59-,60-/m0/s1. The third kappa shape index (κ3) is 19.1. The van der Waals surface area contributed by atoms with Crippen molar-refractivity contribution in [3.05, 3.63) is 0 Å². The SMILES string of the molecule is CC(=O)N[C@H]1[C@H](O[C@H]2[C@@H](O)[C@@H](CO[C@@H]3O[C@H](CO)[C@@H](O[C@@H]4O[C@H](CO)[C@H](O)[C@H](O)[C@H]4O[C@@H]4O[C@@H](C)[C@@H](O)[C@@H](O)[C@@H]4O)[C@H](O)[C@H]3NC(C)=O)OC(O)[C@@H]2O)O[C@H](CO)[C@@H](O[C@@H]2O[C@H](CO)[C@H](O)[C@H](O[C@@H]3O[C@H](CO)[C@@H](O[C@@H]4O[C@H](CO)[C@H](O)[C@H](O)[C@H]4O[C@@H]4O[C@@H](C)[C@@H](O)[C@@H](O)[C@@H]4O)[C@H](O)[C@H]3NC(C)=O)[C@H]2O)[C@@H]1O. The zero-order valence-corrected chi connectivity index (χ0v) is 57.8. The van der Waals surface area contributed by atoms with E-state index in [0.29, 0.717) is 0 Å². The molecule has 9 aliphatic rings. The predicted octanol–water partition coefficient (Wildman–Crippen LogP) is -18.1. The molecule has 47 nitrogen and oxygen atoms in total. The lowest BCUT2D eigenvalue weighted by atomic mass is 9.93. The van der Waals surface area contributed by atoms with E-state index >= 15 is 0 Å². The molecule has 0 saturated carbocycles. The van der Waals surface area contributed by atoms with Crippen LogP contribution in [0.3, 0.4) is 0 Å². The molecule has 0 aromatic rings. The highest BCUT2D eigenvalue weighted by atomic mass is 16.8. The number of hydrogen-bond donors (Lipinski definition) is 27. The largest absolute Gasteiger partial charge is 0.394 e. The third-order valence-corrected chi connectivity index (χ3v) is 19.9. The molecule has 0 aromatic carbocycles. The molecule has 9 aliphatic heterocycles. The minimum Gasteiger partial charge on any atom is -0.394 e. The van der Waals surface area contributed by atoms with Gasteiger partial charge in [0.25, 0.3) is 0 Å². The Hall–Kier alpha value is -3.23. The van der Waals surface area contributed by atoms with E-state index in [4.69, 9.17) is 80.5 Å². The van der Waals surface area contributed by atoms with Crippen molar-refractivity contribution in [2.75, 3.05) is 46.2 Å². The van der Waals surface area contributed by atoms with Crippen LogP contribution in [0.1, 0.15) is 34.6 Å². The van der Waals surface area contributed by atoms with Crippen LogP contribution in [0.15, 0.2) is 0 Å². The molecule has 0 aliphatic carbocycles. The Labute approximate surface area is 606 Å². The molecule has 9 saturated heterocycles. The maximum absolute atomic E-state index is 12.9. The molecule has 9 heterocycles. The molecule has 9 fully saturated rings. The van der Waals surface area contributed by atoms with Gasteiger partial charge >= 0.3 is 0 Å². The molecule has 45 atom stereocenters. The number of aliphatic hydroxyl groups is 24. The van der Waals surface area contributed by atoms with Crippen LogP contribution >= 0.6 is 0 Å². The quantitative estimate of drug-likeness (QED) is 0.0382. The summed E-state index contributed by atoms with van der Waals surface area (Å²) >= 11 is 0. The second-order valence-corrected chi connectivity index (χ2v) is 27.4. The molecule has 0 bridgehead atoms. The van der Waals surface area contributed by atoms with Crippen LogP contribution in [-0.4, -0.2) is 463 Å². The number of aliphatic hydroxyl groups excluding tert-OH is 24. The predicted molar refractivity (Wildman–Crippen MR) is 329 cm³/mol. The van der Waals surface area contributed by atoms with Gasteiger partial charge in [0.05, 0.1) is 58.5 Å². The van der Waals surface area contributed by atoms with Crippen LogP contribution in [0.4, 0.5) is 0 Å². The Morgan fingerprint density at radius 3 is 0.925 bits per heavy atom. The van der Waals surface area contributed by atoms with E-state index in [1.165, 1.54) is 13.8 Å². The Balaban J connectivity index is 0.881. The van der Waals surface area contributed by atoms with Gasteiger partial charge in [0.15, 0.2) is 56.6 Å². The molecule has 9 rings (SSSR count). The minimum absolute atomic E-state index is 0.852. The first kappa shape index (κ1) is 87.7. The second-order valence-electron chi connectivity index (χ2n) is 27.4. The van der Waals surface area contributed by atoms with Crippen molar-refractivity contribution in [3.8, 4) is 0 Å². The average Bonchev–Trinajstić information content (AvgIpc) is 0.773. The molecule has 27 N–H and O–H groups in total. The summed E-state index contributed by atoms with van der Waals surface area (Å²) in [4.78, 5) is 38.5. The number of rotatable bonds is 26. The number of carbonyl (C=O) groups excluding carboxylic acids is 3. The van der Waals surface area contributed by atoms with Gasteiger partial charge in [0.2, 0.25) is 17.7 Å². The van der Waals surface area contributed by atoms with Crippen LogP contribution in [0.2, 0.25) is 0 Å². The Morgan fingerprint density at radius 1 is 0.262 bits per heavy atom. The number of carbonyl (C=O) groups is 3. The summed E-state index contributed by atoms with van der Waals surface area (Å²) in [7, 11) is 0. The van der Waals surface area contributed by atoms with Gasteiger partial charge in [-0.1, -0.05) is 0 Å². The van der Waals surface area contributed by atoms with Gasteiger partial charge in [0, 0.05) is 20.8 Å². The Bertz CT molecular complexity index is 2810. The van der Waals surface area contributed by atoms with Gasteiger partial charge in [0.1, 0.15) is 207 Å². The van der Waals surface area contributed by atoms with Crippen LogP contribution in [-0.2, 0) is 94.9 Å². The van der Waals surface area contributed by atoms with E-state index in [9.17, 15) is 137 Å². The maximum Gasteiger partial charge on any atom is 0.217 e. The first-order valence-electron chi connectivity index (χ1n) is 34.4. The van der Waals surface area contributed by atoms with Crippen LogP contribution in [0.5, 0.6) is 0 Å². The van der Waals surface area contributed by atoms with E-state index in [2.05, 4.69) is 16.0 Å². The van der Waals surface area contributed by atoms with Gasteiger partial charge in [-0.3, -0.25) is 14.4 Å². The monoisotopic (exact) mass is 1570 g/mol. The highest BCUT2D eigenvalue weighted by molar-refractivity contribution is 5.74. The smallest absolute Gasteiger partial charge is 0.217 e. The zero-order chi connectivity index (χ0) is 78.8. The summed E-state index contributed by atoms with van der Waals surface area (Å²) < 4.78 is 99.0. The lowest BCUT2D eigenvalue weighted by Crippen LogP contribution is -2.71. The van der Waals surface area contributed by atoms with Crippen molar-refractivity contribution >= 4 is 17.7 Å². The fourth-order valence-corrected chi connectivity index (χ4v) is 13.9. The molecule has 3 amide bonds. The molecule has 1 unspecified atom stereocenters. The van der Waals surface area contributed by atoms with Crippen molar-refractivity contribution in [2.45, 2.75) is 311 Å². The fourth-order valence-electron chi connectivity index (χ4n) is 13.9. The minimum atomic E-state index is -2.33. The van der Waals surface area contributed by atoms with Crippen molar-refractivity contribution in [1.29, 1.82) is 0 Å². The molecule has 0 aromatic heterocycles. The summed E-state index contributed by atoms with van der Waals surface area (Å²) in [6.07, 6.45) is -81.0. The molecular weight excluding hydrogens is 1470 g/mol. The zero-order valence-electron chi connectivity index (χ0n) is 57.8. The normalized spacial score (nSPS) is 50.7. The van der Waals surface area contributed by atoms with Gasteiger partial charge in [-0.2, -0.15) is 0 Å². The molecule has 0 radical (unpaired) electrons. The van der Waals surface area contributed by atoms with Gasteiger partial charge in [-0.25, -0.2) is 0 Å². The van der Waals surface area contributed by atoms with E-state index < -0.39 is 340 Å². The summed E-state index contributed by atoms with van der Waals surface area (Å²) in [6.45, 7) is -1.75. The summed E-state index contributed by atoms with van der Waals surface area (Å²) in [5, 5.41) is 271. The number of nitrogens with one attached hydrogen (secondary N) is 3. The molecule has 0 spiro atoms. The number of ether oxygens (including phenoxy) is 17. The number of hydrogen-bond acceptors (Lipinski definition) is 44. The molecule has 620 valence electrons. The van der Waals surface area contributed by atoms with Crippen LogP contribution in [0.25, 0.3) is 0 Å². The summed E-state index contributed by atoms with van der Waals surface area (Å²) in [5.74, 6) is -2.69. The summed E-state index contributed by atoms with van der Waals surface area (Å²) in [5.41, 5.74) is 0. The van der Waals surface area contributed by atoms with Gasteiger partial charge < -0.3 is 219 Å². The molecule has 47 heteroatoms. The first-order valence-corrected chi connectivity index (χ1v) is 34.4. The first-order chi connectivity index (χ1) is 50.5. The lowest BCUT2D eigenvalue weighted by molar-refractivity contribution is -0.391. The van der Waals surface area contributed by atoms with Crippen LogP contribution in [0, 0.1) is 0 Å². The molecule has 107 heavy (non-hydrogen) atoms. The number of amides is 3. The second kappa shape index (κ2) is 37.8. The van der Waals surface area contributed by atoms with Crippen molar-refractivity contribution in [3.63, 3.8) is 0 Å². The van der Waals surface area contributed by atoms with Crippen molar-refractivity contribution in [1.82, 2.24) is 16.0 Å². The van der Waals surface area contributed by atoms with Crippen LogP contribution < -0.4 is 16.0 Å². The highest BCUT2D eigenvalue weighted by Crippen LogP contribution is 2.40. The Morgan fingerprint density at radius 2 is 0.551 bits per heavy atom. The lowest BCUT2D eigenvalue weighted by Gasteiger charge is -2.51. The van der Waals surface area contributed by atoms with Crippen molar-refractivity contribution in [2.24, 2.45) is 0 Å². The average molecular weight is 1570 g/mol. The highest BCUT2D eigenvalue weighted by Gasteiger charge is 2.61. The Kier molecular flexibility index (Phi) is 31.0. The van der Waals surface area contributed by atoms with Crippen molar-refractivity contribution < 1.29 is 217 Å². The maximum atomic E-state index is 12.9. The van der Waals surface area contributed by atoms with Gasteiger partial charge in [-0.15, -0.1) is 0 Å².